The summed E-state index contributed by atoms with van der Waals surface area (Å²) in [4.78, 5) is 16.9. The Morgan fingerprint density at radius 2 is 1.73 bits per heavy atom. The molecule has 0 bridgehead atoms. The van der Waals surface area contributed by atoms with Crippen LogP contribution < -0.4 is 0 Å². The summed E-state index contributed by atoms with van der Waals surface area (Å²) in [6.07, 6.45) is 0. The van der Waals surface area contributed by atoms with Gasteiger partial charge in [-0.15, -0.1) is 7.05 Å². The molecule has 0 unspecified atom stereocenters. The van der Waals surface area contributed by atoms with Crippen molar-refractivity contribution in [2.24, 2.45) is 4.99 Å². The van der Waals surface area contributed by atoms with E-state index in [4.69, 9.17) is 0 Å². The summed E-state index contributed by atoms with van der Waals surface area (Å²) in [7, 11) is 3.81. The summed E-state index contributed by atoms with van der Waals surface area (Å²) in [5.74, 6) is -0.214. The van der Waals surface area contributed by atoms with Crippen LogP contribution in [0.3, 0.4) is 0 Å². The molecule has 2 heterocycles. The summed E-state index contributed by atoms with van der Waals surface area (Å²) < 4.78 is 1.42. The number of fused-ring (bicyclic) bond motifs is 2. The van der Waals surface area contributed by atoms with Crippen molar-refractivity contribution in [2.45, 2.75) is 0 Å². The predicted molar refractivity (Wildman–Crippen MR) is 81.3 cm³/mol. The fourth-order valence-corrected chi connectivity index (χ4v) is 2.75. The average Bonchev–Trinajstić information content (AvgIpc) is 2.96. The Bertz CT molecular complexity index is 941. The minimum Gasteiger partial charge on any atom is -0.551 e. The fraction of sp³-hybridized carbons (Fsp3) is 0. The van der Waals surface area contributed by atoms with Gasteiger partial charge in [-0.25, -0.2) is 4.99 Å². The number of aromatic hydroxyl groups is 1. The van der Waals surface area contributed by atoms with Gasteiger partial charge in [-0.2, -0.15) is 0 Å². The van der Waals surface area contributed by atoms with Gasteiger partial charge in [0.25, 0.3) is 0 Å². The number of aliphatic imine (C=N–C) groups is 1. The van der Waals surface area contributed by atoms with Crippen LogP contribution in [-0.2, 0) is 20.4 Å². The molecular weight excluding hydrogens is 450 g/mol. The van der Waals surface area contributed by atoms with Crippen LogP contribution >= 0.6 is 0 Å². The topological polar surface area (TPSA) is 54.6 Å². The van der Waals surface area contributed by atoms with E-state index >= 15 is 0 Å². The van der Waals surface area contributed by atoms with E-state index in [1.807, 2.05) is 30.3 Å². The van der Waals surface area contributed by atoms with Crippen molar-refractivity contribution in [2.75, 3.05) is 0 Å². The Kier molecular flexibility index (Phi) is 3.40. The van der Waals surface area contributed by atoms with Gasteiger partial charge < -0.3 is 9.67 Å². The monoisotopic (exact) mass is 462 g/mol. The van der Waals surface area contributed by atoms with Gasteiger partial charge in [0.15, 0.2) is 0 Å². The van der Waals surface area contributed by atoms with Crippen LogP contribution in [0.1, 0.15) is 15.9 Å². The van der Waals surface area contributed by atoms with Crippen LogP contribution in [0, 0.1) is 7.05 Å². The molecule has 0 atom stereocenters. The maximum Gasteiger partial charge on any atom is 0.213 e. The smallest absolute Gasteiger partial charge is 0.213 e. The van der Waals surface area contributed by atoms with E-state index in [-0.39, 0.29) is 37.8 Å². The Balaban J connectivity index is 0.00000144. The summed E-state index contributed by atoms with van der Waals surface area (Å²) >= 11 is 0. The molecule has 0 amide bonds. The van der Waals surface area contributed by atoms with Crippen LogP contribution in [0.25, 0.3) is 10.9 Å². The van der Waals surface area contributed by atoms with E-state index in [1.165, 1.54) is 4.57 Å². The molecule has 1 radical (unpaired) electrons. The standard InChI is InChI=1S/C17H11N2O2.Re/c1-19-13-9-5-3-7-11(13)14(17(19)21)15-16(20)10-6-2-4-8-12(10)18-15;/h2-9,21H,1H2;/q-1;. The molecule has 0 saturated carbocycles. The summed E-state index contributed by atoms with van der Waals surface area (Å²) in [5.41, 5.74) is 2.68. The first kappa shape index (κ1) is 14.6. The minimum atomic E-state index is -0.169. The molecular formula is C17H11N2O2Re-. The van der Waals surface area contributed by atoms with Crippen molar-refractivity contribution < 1.29 is 30.3 Å². The number of carbonyl (C=O) groups excluding carboxylic acids is 1. The third-order valence-corrected chi connectivity index (χ3v) is 3.78. The van der Waals surface area contributed by atoms with Crippen molar-refractivity contribution in [1.82, 2.24) is 4.57 Å². The number of rotatable bonds is 1. The molecule has 3 aromatic rings. The molecule has 5 heteroatoms. The molecule has 4 nitrogen and oxygen atoms in total. The molecule has 1 aromatic heterocycles. The Morgan fingerprint density at radius 1 is 1.05 bits per heavy atom. The zero-order chi connectivity index (χ0) is 14.6. The second-order valence-electron chi connectivity index (χ2n) is 4.95. The number of aromatic nitrogens is 1. The van der Waals surface area contributed by atoms with Crippen LogP contribution in [0.4, 0.5) is 5.69 Å². The van der Waals surface area contributed by atoms with Gasteiger partial charge in [0, 0.05) is 31.5 Å². The third kappa shape index (κ3) is 1.83. The van der Waals surface area contributed by atoms with Gasteiger partial charge in [0.2, 0.25) is 5.78 Å². The molecule has 2 aromatic carbocycles. The van der Waals surface area contributed by atoms with Crippen molar-refractivity contribution in [3.05, 3.63) is 66.7 Å². The van der Waals surface area contributed by atoms with Gasteiger partial charge >= 0.3 is 0 Å². The van der Waals surface area contributed by atoms with Crippen LogP contribution in [-0.4, -0.2) is 21.2 Å². The quantitative estimate of drug-likeness (QED) is 0.566. The fourth-order valence-electron chi connectivity index (χ4n) is 2.75. The van der Waals surface area contributed by atoms with Crippen LogP contribution in [0.15, 0.2) is 53.5 Å². The van der Waals surface area contributed by atoms with E-state index in [0.717, 1.165) is 10.9 Å². The number of ketones is 1. The second-order valence-corrected chi connectivity index (χ2v) is 4.95. The number of carbonyl (C=O) groups is 1. The number of benzene rings is 2. The van der Waals surface area contributed by atoms with Crippen molar-refractivity contribution in [3.63, 3.8) is 0 Å². The minimum absolute atomic E-state index is 0. The molecule has 109 valence electrons. The maximum atomic E-state index is 12.5. The van der Waals surface area contributed by atoms with Crippen LogP contribution in [0.5, 0.6) is 5.88 Å². The number of Topliss-reactive ketones (excluding diaryl/α,β-unsaturated/α-hetero) is 1. The van der Waals surface area contributed by atoms with Gasteiger partial charge in [0.1, 0.15) is 5.71 Å². The van der Waals surface area contributed by atoms with Gasteiger partial charge in [-0.05, 0) is 12.1 Å². The predicted octanol–water partition coefficient (Wildman–Crippen LogP) is 3.30. The summed E-state index contributed by atoms with van der Waals surface area (Å²) in [6.45, 7) is 0. The SMILES string of the molecule is [CH2-]n1c(O)c(C2=Nc3ccccc3C2=O)c2ccccc21.[Re]. The number of hydrogen-bond acceptors (Lipinski definition) is 3. The second kappa shape index (κ2) is 5.13. The molecule has 0 saturated heterocycles. The summed E-state index contributed by atoms with van der Waals surface area (Å²) in [5, 5.41) is 11.1. The van der Waals surface area contributed by atoms with E-state index in [9.17, 15) is 9.90 Å². The third-order valence-electron chi connectivity index (χ3n) is 3.78. The molecule has 0 aliphatic carbocycles. The normalized spacial score (nSPS) is 12.9. The summed E-state index contributed by atoms with van der Waals surface area (Å²) in [6, 6.07) is 14.6. The zero-order valence-corrected chi connectivity index (χ0v) is 14.2. The molecule has 1 aliphatic heterocycles. The first-order chi connectivity index (χ1) is 10.2. The van der Waals surface area contributed by atoms with E-state index < -0.39 is 0 Å². The number of nitrogens with zero attached hydrogens (tertiary/aromatic N) is 2. The van der Waals surface area contributed by atoms with Gasteiger partial charge in [-0.1, -0.05) is 47.3 Å². The van der Waals surface area contributed by atoms with Gasteiger partial charge in [0.05, 0.1) is 11.6 Å². The van der Waals surface area contributed by atoms with E-state index in [2.05, 4.69) is 12.0 Å². The average molecular weight is 461 g/mol. The van der Waals surface area contributed by atoms with Crippen molar-refractivity contribution in [3.8, 4) is 5.88 Å². The van der Waals surface area contributed by atoms with E-state index in [1.54, 1.807) is 18.2 Å². The van der Waals surface area contributed by atoms with Gasteiger partial charge in [-0.3, -0.25) is 4.79 Å². The zero-order valence-electron chi connectivity index (χ0n) is 11.5. The Labute approximate surface area is 140 Å². The first-order valence-electron chi connectivity index (χ1n) is 6.54. The number of hydrogen-bond donors (Lipinski definition) is 1. The molecule has 22 heavy (non-hydrogen) atoms. The van der Waals surface area contributed by atoms with Crippen molar-refractivity contribution >= 4 is 28.1 Å². The molecule has 1 aliphatic rings. The molecule has 0 spiro atoms. The largest absolute Gasteiger partial charge is 0.551 e. The van der Waals surface area contributed by atoms with Crippen LogP contribution in [0.2, 0.25) is 0 Å². The Hall–Kier alpha value is -2.35. The van der Waals surface area contributed by atoms with Crippen molar-refractivity contribution in [1.29, 1.82) is 0 Å². The Morgan fingerprint density at radius 3 is 2.50 bits per heavy atom. The first-order valence-corrected chi connectivity index (χ1v) is 6.54. The van der Waals surface area contributed by atoms with E-state index in [0.29, 0.717) is 16.8 Å². The maximum absolute atomic E-state index is 12.5. The number of para-hydroxylation sites is 2. The molecule has 0 fully saturated rings. The molecule has 1 N–H and O–H groups in total. The molecule has 4 rings (SSSR count).